The van der Waals surface area contributed by atoms with Crippen LogP contribution in [0, 0.1) is 29.6 Å². The molecule has 0 bridgehead atoms. The molecule has 0 aromatic rings. The number of carbonyl (C=O) groups is 3. The second kappa shape index (κ2) is 23.8. The van der Waals surface area contributed by atoms with Gasteiger partial charge in [0.1, 0.15) is 36.3 Å². The van der Waals surface area contributed by atoms with Crippen LogP contribution in [0.1, 0.15) is 86.5 Å². The molecule has 0 aromatic carbocycles. The Labute approximate surface area is 344 Å². The van der Waals surface area contributed by atoms with Gasteiger partial charge in [-0.15, -0.1) is 0 Å². The van der Waals surface area contributed by atoms with Crippen molar-refractivity contribution in [3.05, 3.63) is 12.2 Å². The number of cyclic esters (lactones) is 1. The normalized spacial score (nSPS) is 41.7. The maximum atomic E-state index is 13.8. The number of methoxy groups -OCH3 is 3. The molecule has 16 nitrogen and oxygen atoms in total. The Morgan fingerprint density at radius 1 is 0.845 bits per heavy atom. The van der Waals surface area contributed by atoms with Gasteiger partial charge in [0.05, 0.1) is 56.7 Å². The van der Waals surface area contributed by atoms with Crippen LogP contribution in [0.3, 0.4) is 0 Å². The van der Waals surface area contributed by atoms with Crippen molar-refractivity contribution in [1.29, 1.82) is 0 Å². The minimum absolute atomic E-state index is 0.0239. The lowest BCUT2D eigenvalue weighted by Crippen LogP contribution is -2.63. The van der Waals surface area contributed by atoms with Crippen molar-refractivity contribution in [1.82, 2.24) is 4.90 Å². The van der Waals surface area contributed by atoms with Crippen LogP contribution in [0.15, 0.2) is 12.2 Å². The van der Waals surface area contributed by atoms with E-state index in [1.807, 2.05) is 20.8 Å². The molecule has 0 radical (unpaired) electrons. The first-order chi connectivity index (χ1) is 27.4. The van der Waals surface area contributed by atoms with Crippen LogP contribution in [0.25, 0.3) is 0 Å². The summed E-state index contributed by atoms with van der Waals surface area (Å²) in [6.07, 6.45) is -5.96. The van der Waals surface area contributed by atoms with Gasteiger partial charge in [-0.1, -0.05) is 33.8 Å². The average molecular weight is 832 g/mol. The highest BCUT2D eigenvalue weighted by Crippen LogP contribution is 2.36. The van der Waals surface area contributed by atoms with Gasteiger partial charge in [0.25, 0.3) is 0 Å². The van der Waals surface area contributed by atoms with Gasteiger partial charge in [-0.2, -0.15) is 0 Å². The number of Topliss-reactive ketones (excluding diaryl/α,β-unsaturated/α-hetero) is 1. The Balaban J connectivity index is 1.97. The van der Waals surface area contributed by atoms with Crippen LogP contribution in [-0.2, 0) is 52.3 Å². The summed E-state index contributed by atoms with van der Waals surface area (Å²) in [6, 6.07) is -0.736. The molecule has 0 spiro atoms. The summed E-state index contributed by atoms with van der Waals surface area (Å²) in [5, 5.41) is 44.7. The monoisotopic (exact) mass is 831 g/mol. The van der Waals surface area contributed by atoms with Gasteiger partial charge in [0.2, 0.25) is 0 Å². The van der Waals surface area contributed by atoms with E-state index in [9.17, 15) is 34.8 Å². The van der Waals surface area contributed by atoms with E-state index in [4.69, 9.17) is 37.9 Å². The Morgan fingerprint density at radius 3 is 2.09 bits per heavy atom. The quantitative estimate of drug-likeness (QED) is 0.164. The molecule has 4 N–H and O–H groups in total. The number of hydrogen-bond donors (Lipinski definition) is 4. The Kier molecular flexibility index (Phi) is 20.6. The largest absolute Gasteiger partial charge is 0.466 e. The summed E-state index contributed by atoms with van der Waals surface area (Å²) in [4.78, 5) is 41.3. The number of rotatable bonds is 12. The standard InChI is InChI=1S/C42H73NO15/c1-12-31-28(21-54-42-40(53-11)39(52-10)36(49)26(6)56-42)18-22(2)16-17-29(44)23(3)19-27(14-13-15-32(46)51-9)38(24(4)30(45)20-33(47)57-31)58-41-37(50)34(43(7)8)35(48)25(5)55-41/h13,15,22-28,30-31,34-42,45,48-50H,12,14,16-21H2,1-11H3/b15-13+/t22?,23-,24-,25+,26-,27+,28-,30-,31-,34-,35+,36-,37+,38-,39-,40-,41-,42-/m1/s1. The number of likely N-dealkylation sites (N-methyl/N-ethyl adjacent to an activating group) is 1. The minimum Gasteiger partial charge on any atom is -0.466 e. The maximum Gasteiger partial charge on any atom is 0.330 e. The molecule has 18 atom stereocenters. The molecule has 3 fully saturated rings. The van der Waals surface area contributed by atoms with Crippen LogP contribution in [0.2, 0.25) is 0 Å². The number of aliphatic hydroxyl groups excluding tert-OH is 4. The molecule has 0 amide bonds. The molecule has 3 heterocycles. The number of carbonyl (C=O) groups excluding carboxylic acids is 3. The number of nitrogens with zero attached hydrogens (tertiary/aromatic N) is 1. The van der Waals surface area contributed by atoms with Crippen LogP contribution >= 0.6 is 0 Å². The average Bonchev–Trinajstić information content (AvgIpc) is 3.18. The number of esters is 2. The van der Waals surface area contributed by atoms with E-state index < -0.39 is 109 Å². The molecule has 58 heavy (non-hydrogen) atoms. The first kappa shape index (κ1) is 50.3. The molecule has 16 heteroatoms. The molecular formula is C42H73NO15. The van der Waals surface area contributed by atoms with Crippen molar-refractivity contribution in [2.75, 3.05) is 42.0 Å². The van der Waals surface area contributed by atoms with Gasteiger partial charge < -0.3 is 63.2 Å². The summed E-state index contributed by atoms with van der Waals surface area (Å²) in [7, 11) is 7.70. The van der Waals surface area contributed by atoms with Gasteiger partial charge in [-0.05, 0) is 71.9 Å². The number of allylic oxidation sites excluding steroid dienone is 1. The van der Waals surface area contributed by atoms with Crippen molar-refractivity contribution in [2.24, 2.45) is 29.6 Å². The second-order valence-corrected chi connectivity index (χ2v) is 16.9. The fourth-order valence-electron chi connectivity index (χ4n) is 8.67. The lowest BCUT2D eigenvalue weighted by molar-refractivity contribution is -0.305. The topological polar surface area (TPSA) is 209 Å². The maximum absolute atomic E-state index is 13.8. The van der Waals surface area contributed by atoms with Crippen LogP contribution < -0.4 is 0 Å². The zero-order valence-electron chi connectivity index (χ0n) is 36.4. The van der Waals surface area contributed by atoms with E-state index in [1.165, 1.54) is 27.4 Å². The molecule has 1 unspecified atom stereocenters. The molecule has 3 aliphatic heterocycles. The van der Waals surface area contributed by atoms with Crippen molar-refractivity contribution < 1.29 is 72.7 Å². The fourth-order valence-corrected chi connectivity index (χ4v) is 8.67. The van der Waals surface area contributed by atoms with Gasteiger partial charge in [-0.25, -0.2) is 4.79 Å². The molecule has 3 saturated heterocycles. The van der Waals surface area contributed by atoms with Crippen LogP contribution in [0.4, 0.5) is 0 Å². The first-order valence-corrected chi connectivity index (χ1v) is 20.9. The summed E-state index contributed by atoms with van der Waals surface area (Å²) in [6.45, 7) is 11.0. The van der Waals surface area contributed by atoms with Gasteiger partial charge in [-0.3, -0.25) is 9.59 Å². The number of aliphatic hydroxyl groups is 4. The fraction of sp³-hybridized carbons (Fsp3) is 0.881. The molecule has 3 rings (SSSR count). The van der Waals surface area contributed by atoms with Gasteiger partial charge in [0.15, 0.2) is 12.6 Å². The molecule has 0 aromatic heterocycles. The van der Waals surface area contributed by atoms with E-state index in [0.29, 0.717) is 25.7 Å². The number of ketones is 1. The third-order valence-electron chi connectivity index (χ3n) is 12.3. The summed E-state index contributed by atoms with van der Waals surface area (Å²) in [5.41, 5.74) is 0. The molecule has 336 valence electrons. The lowest BCUT2D eigenvalue weighted by atomic mass is 9.78. The zero-order chi connectivity index (χ0) is 43.4. The van der Waals surface area contributed by atoms with E-state index in [1.54, 1.807) is 45.8 Å². The lowest BCUT2D eigenvalue weighted by Gasteiger charge is -2.46. The Morgan fingerprint density at radius 2 is 1.48 bits per heavy atom. The molecular weight excluding hydrogens is 758 g/mol. The van der Waals surface area contributed by atoms with Crippen molar-refractivity contribution >= 4 is 17.7 Å². The van der Waals surface area contributed by atoms with E-state index in [0.717, 1.165) is 0 Å². The Bertz CT molecular complexity index is 1300. The molecule has 0 aliphatic carbocycles. The smallest absolute Gasteiger partial charge is 0.330 e. The van der Waals surface area contributed by atoms with E-state index in [2.05, 4.69) is 0 Å². The summed E-state index contributed by atoms with van der Waals surface area (Å²) < 4.78 is 47.0. The number of hydrogen-bond acceptors (Lipinski definition) is 16. The molecule has 3 aliphatic rings. The predicted molar refractivity (Wildman–Crippen MR) is 211 cm³/mol. The third kappa shape index (κ3) is 13.5. The van der Waals surface area contributed by atoms with Gasteiger partial charge >= 0.3 is 11.9 Å². The van der Waals surface area contributed by atoms with Crippen LogP contribution in [0.5, 0.6) is 0 Å². The minimum atomic E-state index is -1.29. The van der Waals surface area contributed by atoms with E-state index in [-0.39, 0.29) is 43.5 Å². The van der Waals surface area contributed by atoms with E-state index >= 15 is 0 Å². The second-order valence-electron chi connectivity index (χ2n) is 16.9. The zero-order valence-corrected chi connectivity index (χ0v) is 36.4. The third-order valence-corrected chi connectivity index (χ3v) is 12.3. The van der Waals surface area contributed by atoms with Crippen molar-refractivity contribution in [3.63, 3.8) is 0 Å². The van der Waals surface area contributed by atoms with Crippen molar-refractivity contribution in [2.45, 2.75) is 166 Å². The highest BCUT2D eigenvalue weighted by atomic mass is 16.7. The van der Waals surface area contributed by atoms with Crippen molar-refractivity contribution in [3.8, 4) is 0 Å². The first-order valence-electron chi connectivity index (χ1n) is 20.9. The summed E-state index contributed by atoms with van der Waals surface area (Å²) >= 11 is 0. The highest BCUT2D eigenvalue weighted by Gasteiger charge is 2.48. The van der Waals surface area contributed by atoms with Gasteiger partial charge in [0, 0.05) is 44.5 Å². The SMILES string of the molecule is CC[C@H]1OC(=O)C[C@@H](O)[C@@H](C)[C@@H](O[C@H]2O[C@@H](C)[C@H](O)[C@@H](N(C)C)[C@@H]2O)[C@@H](C/C=C/C(=O)OC)C[C@@H](C)C(=O)CCC(C)C[C@@H]1CO[C@@H]1O[C@H](C)[C@@H](O)[C@@H](OC)[C@H]1OC. The number of ether oxygens (including phenoxy) is 8. The predicted octanol–water partition coefficient (Wildman–Crippen LogP) is 2.40. The highest BCUT2D eigenvalue weighted by molar-refractivity contribution is 5.81. The summed E-state index contributed by atoms with van der Waals surface area (Å²) in [5.74, 6) is -3.16. The Hall–Kier alpha value is -2.09. The molecule has 0 saturated carbocycles. The van der Waals surface area contributed by atoms with Crippen LogP contribution in [-0.4, -0.2) is 165 Å².